The van der Waals surface area contributed by atoms with E-state index in [0.717, 1.165) is 33.9 Å². The van der Waals surface area contributed by atoms with Crippen molar-refractivity contribution in [1.82, 2.24) is 14.3 Å². The molecule has 2 aromatic carbocycles. The molecule has 3 aromatic rings. The Labute approximate surface area is 145 Å². The number of hydrogen-bond donors (Lipinski definition) is 1. The van der Waals surface area contributed by atoms with Gasteiger partial charge in [-0.05, 0) is 22.9 Å². The molecule has 0 bridgehead atoms. The van der Waals surface area contributed by atoms with Gasteiger partial charge in [0, 0.05) is 31.5 Å². The molecule has 0 radical (unpaired) electrons. The number of benzene rings is 2. The topological polar surface area (TPSA) is 64.0 Å². The van der Waals surface area contributed by atoms with Crippen LogP contribution in [0.5, 0.6) is 0 Å². The number of fused-ring (bicyclic) bond motifs is 2. The first-order valence-electron chi connectivity index (χ1n) is 7.79. The standard InChI is InChI=1S/C17H17N3O2S2/c21-24(22,16-6-5-13-3-1-2-4-14(13)11-16)18-8-7-15-12-20-9-10-23-17(20)19-15/h1-6,11-12,18H,7-10H2. The molecule has 124 valence electrons. The molecule has 2 heterocycles. The molecular weight excluding hydrogens is 342 g/mol. The lowest BCUT2D eigenvalue weighted by Crippen LogP contribution is -2.26. The average Bonchev–Trinajstić information content (AvgIpc) is 3.16. The van der Waals surface area contributed by atoms with Crippen molar-refractivity contribution in [3.63, 3.8) is 0 Å². The summed E-state index contributed by atoms with van der Waals surface area (Å²) in [6.45, 7) is 1.33. The Hall–Kier alpha value is -1.83. The van der Waals surface area contributed by atoms with E-state index in [9.17, 15) is 8.42 Å². The summed E-state index contributed by atoms with van der Waals surface area (Å²) in [4.78, 5) is 4.81. The maximum Gasteiger partial charge on any atom is 0.240 e. The Morgan fingerprint density at radius 1 is 1.17 bits per heavy atom. The lowest BCUT2D eigenvalue weighted by Gasteiger charge is -2.07. The van der Waals surface area contributed by atoms with Gasteiger partial charge in [-0.3, -0.25) is 0 Å². The molecular formula is C17H17N3O2S2. The second-order valence-electron chi connectivity index (χ2n) is 5.71. The second kappa shape index (κ2) is 6.23. The largest absolute Gasteiger partial charge is 0.325 e. The van der Waals surface area contributed by atoms with Crippen molar-refractivity contribution in [3.8, 4) is 0 Å². The number of sulfonamides is 1. The van der Waals surface area contributed by atoms with Crippen LogP contribution in [0, 0.1) is 0 Å². The van der Waals surface area contributed by atoms with E-state index in [1.54, 1.807) is 23.9 Å². The molecule has 0 atom stereocenters. The number of nitrogens with one attached hydrogen (secondary N) is 1. The number of nitrogens with zero attached hydrogens (tertiary/aromatic N) is 2. The van der Waals surface area contributed by atoms with Gasteiger partial charge in [-0.2, -0.15) is 0 Å². The van der Waals surface area contributed by atoms with Crippen molar-refractivity contribution < 1.29 is 8.42 Å². The Morgan fingerprint density at radius 3 is 2.83 bits per heavy atom. The van der Waals surface area contributed by atoms with E-state index in [-0.39, 0.29) is 0 Å². The third-order valence-corrected chi connectivity index (χ3v) is 6.49. The molecule has 0 fully saturated rings. The first-order chi connectivity index (χ1) is 11.6. The van der Waals surface area contributed by atoms with Crippen LogP contribution in [0.1, 0.15) is 5.69 Å². The maximum atomic E-state index is 12.5. The van der Waals surface area contributed by atoms with Gasteiger partial charge in [0.25, 0.3) is 0 Å². The van der Waals surface area contributed by atoms with Gasteiger partial charge in [0.15, 0.2) is 5.16 Å². The Balaban J connectivity index is 1.45. The highest BCUT2D eigenvalue weighted by atomic mass is 32.2. The van der Waals surface area contributed by atoms with Crippen molar-refractivity contribution in [2.45, 2.75) is 23.0 Å². The van der Waals surface area contributed by atoms with E-state index in [1.807, 2.05) is 36.5 Å². The molecule has 0 saturated heterocycles. The van der Waals surface area contributed by atoms with E-state index in [2.05, 4.69) is 14.3 Å². The SMILES string of the molecule is O=S(=O)(NCCc1cn2c(n1)SCC2)c1ccc2ccccc2c1. The van der Waals surface area contributed by atoms with Crippen LogP contribution in [0.15, 0.2) is 58.7 Å². The molecule has 0 spiro atoms. The highest BCUT2D eigenvalue weighted by Gasteiger charge is 2.16. The van der Waals surface area contributed by atoms with Crippen molar-refractivity contribution in [2.24, 2.45) is 0 Å². The Bertz CT molecular complexity index is 974. The number of aryl methyl sites for hydroxylation is 1. The van der Waals surface area contributed by atoms with Crippen LogP contribution in [0.25, 0.3) is 10.8 Å². The molecule has 7 heteroatoms. The summed E-state index contributed by atoms with van der Waals surface area (Å²) in [5, 5.41) is 2.98. The number of aromatic nitrogens is 2. The monoisotopic (exact) mass is 359 g/mol. The summed E-state index contributed by atoms with van der Waals surface area (Å²) in [7, 11) is -3.51. The fourth-order valence-electron chi connectivity index (χ4n) is 2.81. The van der Waals surface area contributed by atoms with Crippen LogP contribution in [0.3, 0.4) is 0 Å². The van der Waals surface area contributed by atoms with Crippen LogP contribution in [-0.4, -0.2) is 30.3 Å². The average molecular weight is 359 g/mol. The quantitative estimate of drug-likeness (QED) is 0.761. The minimum atomic E-state index is -3.51. The number of rotatable bonds is 5. The molecule has 24 heavy (non-hydrogen) atoms. The predicted octanol–water partition coefficient (Wildman–Crippen LogP) is 2.66. The minimum absolute atomic E-state index is 0.295. The van der Waals surface area contributed by atoms with E-state index in [0.29, 0.717) is 17.9 Å². The van der Waals surface area contributed by atoms with Crippen LogP contribution in [-0.2, 0) is 23.0 Å². The highest BCUT2D eigenvalue weighted by molar-refractivity contribution is 7.99. The van der Waals surface area contributed by atoms with Crippen molar-refractivity contribution in [3.05, 3.63) is 54.4 Å². The van der Waals surface area contributed by atoms with Gasteiger partial charge in [-0.25, -0.2) is 18.1 Å². The fourth-order valence-corrected chi connectivity index (χ4v) is 4.84. The summed E-state index contributed by atoms with van der Waals surface area (Å²) in [5.41, 5.74) is 0.929. The van der Waals surface area contributed by atoms with Crippen LogP contribution in [0.4, 0.5) is 0 Å². The highest BCUT2D eigenvalue weighted by Crippen LogP contribution is 2.24. The predicted molar refractivity (Wildman–Crippen MR) is 95.8 cm³/mol. The van der Waals surface area contributed by atoms with Gasteiger partial charge >= 0.3 is 0 Å². The van der Waals surface area contributed by atoms with Gasteiger partial charge in [-0.1, -0.05) is 42.1 Å². The van der Waals surface area contributed by atoms with Crippen LogP contribution >= 0.6 is 11.8 Å². The molecule has 1 aromatic heterocycles. The van der Waals surface area contributed by atoms with Gasteiger partial charge in [0.05, 0.1) is 10.6 Å². The van der Waals surface area contributed by atoms with E-state index >= 15 is 0 Å². The van der Waals surface area contributed by atoms with E-state index in [4.69, 9.17) is 0 Å². The molecule has 0 unspecified atom stereocenters. The van der Waals surface area contributed by atoms with Crippen molar-refractivity contribution in [1.29, 1.82) is 0 Å². The fraction of sp³-hybridized carbons (Fsp3) is 0.235. The van der Waals surface area contributed by atoms with Gasteiger partial charge in [-0.15, -0.1) is 0 Å². The maximum absolute atomic E-state index is 12.5. The summed E-state index contributed by atoms with van der Waals surface area (Å²) < 4.78 is 29.7. The summed E-state index contributed by atoms with van der Waals surface area (Å²) in [6, 6.07) is 12.9. The van der Waals surface area contributed by atoms with Gasteiger partial charge < -0.3 is 4.57 Å². The van der Waals surface area contributed by atoms with E-state index in [1.165, 1.54) is 0 Å². The molecule has 1 aliphatic rings. The third kappa shape index (κ3) is 3.07. The lowest BCUT2D eigenvalue weighted by atomic mass is 10.1. The zero-order valence-corrected chi connectivity index (χ0v) is 14.6. The Kier molecular flexibility index (Phi) is 4.07. The van der Waals surface area contributed by atoms with Gasteiger partial charge in [0.1, 0.15) is 0 Å². The smallest absolute Gasteiger partial charge is 0.240 e. The molecule has 0 aliphatic carbocycles. The molecule has 1 aliphatic heterocycles. The van der Waals surface area contributed by atoms with Crippen molar-refractivity contribution in [2.75, 3.05) is 12.3 Å². The van der Waals surface area contributed by atoms with Crippen LogP contribution in [0.2, 0.25) is 0 Å². The summed E-state index contributed by atoms with van der Waals surface area (Å²) in [5.74, 6) is 1.07. The van der Waals surface area contributed by atoms with E-state index < -0.39 is 10.0 Å². The zero-order chi connectivity index (χ0) is 16.6. The number of thioether (sulfide) groups is 1. The minimum Gasteiger partial charge on any atom is -0.325 e. The number of hydrogen-bond acceptors (Lipinski definition) is 4. The molecule has 5 nitrogen and oxygen atoms in total. The molecule has 0 saturated carbocycles. The lowest BCUT2D eigenvalue weighted by molar-refractivity contribution is 0.581. The zero-order valence-electron chi connectivity index (χ0n) is 13.0. The molecule has 4 rings (SSSR count). The first kappa shape index (κ1) is 15.7. The first-order valence-corrected chi connectivity index (χ1v) is 10.3. The van der Waals surface area contributed by atoms with Crippen LogP contribution < -0.4 is 4.72 Å². The normalized spacial score (nSPS) is 14.2. The summed E-state index contributed by atoms with van der Waals surface area (Å²) >= 11 is 1.74. The summed E-state index contributed by atoms with van der Waals surface area (Å²) in [6.07, 6.45) is 2.60. The Morgan fingerprint density at radius 2 is 2.00 bits per heavy atom. The third-order valence-electron chi connectivity index (χ3n) is 4.06. The molecule has 1 N–H and O–H groups in total. The molecule has 0 amide bonds. The number of imidazole rings is 1. The second-order valence-corrected chi connectivity index (χ2v) is 8.54. The van der Waals surface area contributed by atoms with Crippen molar-refractivity contribution >= 4 is 32.6 Å². The van der Waals surface area contributed by atoms with Gasteiger partial charge in [0.2, 0.25) is 10.0 Å².